The number of carboxylic acids is 1. The van der Waals surface area contributed by atoms with Gasteiger partial charge in [-0.2, -0.15) is 0 Å². The van der Waals surface area contributed by atoms with Crippen LogP contribution in [0.25, 0.3) is 22.4 Å². The molecule has 0 bridgehead atoms. The molecule has 3 aliphatic rings. The Balaban J connectivity index is 1.32. The zero-order chi connectivity index (χ0) is 31.5. The van der Waals surface area contributed by atoms with Crippen LogP contribution in [0.1, 0.15) is 64.7 Å². The number of carboxylic acid groups (broad SMARTS) is 1. The van der Waals surface area contributed by atoms with Gasteiger partial charge in [-0.15, -0.1) is 11.3 Å². The van der Waals surface area contributed by atoms with Crippen LogP contribution in [-0.4, -0.2) is 57.9 Å². The first kappa shape index (κ1) is 30.9. The van der Waals surface area contributed by atoms with Crippen LogP contribution < -0.4 is 15.1 Å². The van der Waals surface area contributed by atoms with E-state index in [0.29, 0.717) is 48.4 Å². The highest BCUT2D eigenvalue weighted by atomic mass is 32.1. The molecule has 0 radical (unpaired) electrons. The Morgan fingerprint density at radius 3 is 2.44 bits per heavy atom. The van der Waals surface area contributed by atoms with Crippen molar-refractivity contribution >= 4 is 46.0 Å². The molecule has 0 spiro atoms. The van der Waals surface area contributed by atoms with E-state index < -0.39 is 11.9 Å². The maximum absolute atomic E-state index is 14.3. The van der Waals surface area contributed by atoms with Crippen LogP contribution >= 0.6 is 11.3 Å². The first-order valence-electron chi connectivity index (χ1n) is 15.9. The van der Waals surface area contributed by atoms with Crippen molar-refractivity contribution in [2.24, 2.45) is 17.8 Å². The summed E-state index contributed by atoms with van der Waals surface area (Å²) >= 11 is 1.34. The van der Waals surface area contributed by atoms with Crippen molar-refractivity contribution in [3.63, 3.8) is 0 Å². The second-order valence-electron chi connectivity index (χ2n) is 12.5. The standard InChI is InChI=1S/C34H39N5O5S/c1-21(40)36-24-13-14-26(22-7-2-3-8-22)28(17-32(42)43)33(44)39(19-24)34-37-29(20-45-34)27-10-5-4-9-25(27)23-12-15-30(35-18-23)38-16-6-11-31(38)41/h4-5,9-10,12,15,18,20,22,24,26,28H,2-3,6-8,11,13-14,16-17,19H2,1H3,(H,36,40)(H,42,43)/t24-,26?,28+/m1/s1. The number of benzene rings is 1. The van der Waals surface area contributed by atoms with Gasteiger partial charge in [0.25, 0.3) is 0 Å². The van der Waals surface area contributed by atoms with Crippen LogP contribution in [0.2, 0.25) is 0 Å². The van der Waals surface area contributed by atoms with Crippen molar-refractivity contribution < 1.29 is 24.3 Å². The highest BCUT2D eigenvalue weighted by Crippen LogP contribution is 2.42. The van der Waals surface area contributed by atoms with Gasteiger partial charge in [0.05, 0.1) is 18.0 Å². The summed E-state index contributed by atoms with van der Waals surface area (Å²) in [6, 6.07) is 11.4. The largest absolute Gasteiger partial charge is 0.481 e. The van der Waals surface area contributed by atoms with E-state index in [1.165, 1.54) is 18.3 Å². The molecule has 3 aromatic rings. The number of carbonyl (C=O) groups excluding carboxylic acids is 3. The number of carbonyl (C=O) groups is 4. The van der Waals surface area contributed by atoms with Gasteiger partial charge in [-0.3, -0.25) is 29.0 Å². The molecule has 1 saturated carbocycles. The molecule has 2 aliphatic heterocycles. The molecule has 3 atom stereocenters. The lowest BCUT2D eigenvalue weighted by atomic mass is 9.74. The molecule has 2 aromatic heterocycles. The van der Waals surface area contributed by atoms with Crippen molar-refractivity contribution in [3.05, 3.63) is 48.0 Å². The van der Waals surface area contributed by atoms with Crippen LogP contribution in [-0.2, 0) is 19.2 Å². The van der Waals surface area contributed by atoms with Gasteiger partial charge in [0.1, 0.15) is 5.82 Å². The van der Waals surface area contributed by atoms with Gasteiger partial charge in [-0.05, 0) is 48.8 Å². The van der Waals surface area contributed by atoms with Crippen molar-refractivity contribution in [1.82, 2.24) is 15.3 Å². The number of aliphatic carboxylic acids is 1. The van der Waals surface area contributed by atoms with E-state index >= 15 is 0 Å². The van der Waals surface area contributed by atoms with Crippen LogP contribution in [0.5, 0.6) is 0 Å². The van der Waals surface area contributed by atoms with Gasteiger partial charge >= 0.3 is 5.97 Å². The summed E-state index contributed by atoms with van der Waals surface area (Å²) in [6.07, 6.45) is 8.51. The number of aromatic nitrogens is 2. The lowest BCUT2D eigenvalue weighted by molar-refractivity contribution is -0.142. The first-order chi connectivity index (χ1) is 21.8. The fraction of sp³-hybridized carbons (Fsp3) is 0.471. The number of pyridine rings is 1. The van der Waals surface area contributed by atoms with Crippen LogP contribution in [0, 0.1) is 17.8 Å². The molecule has 3 amide bonds. The monoisotopic (exact) mass is 629 g/mol. The van der Waals surface area contributed by atoms with Gasteiger partial charge in [0.15, 0.2) is 5.13 Å². The third-order valence-corrected chi connectivity index (χ3v) is 10.4. The Morgan fingerprint density at radius 2 is 1.78 bits per heavy atom. The topological polar surface area (TPSA) is 133 Å². The SMILES string of the molecule is CC(=O)N[C@@H]1CCC(C2CCCC2)[C@H](CC(=O)O)C(=O)N(c2nc(-c3ccccc3-c3ccc(N4CCCC4=O)nc3)cs2)C1. The zero-order valence-corrected chi connectivity index (χ0v) is 26.3. The molecular formula is C34H39N5O5S. The Labute approximate surface area is 266 Å². The van der Waals surface area contributed by atoms with Crippen LogP contribution in [0.15, 0.2) is 48.0 Å². The average Bonchev–Trinajstić information content (AvgIpc) is 3.81. The highest BCUT2D eigenvalue weighted by molar-refractivity contribution is 7.14. The number of amides is 3. The molecule has 1 aromatic carbocycles. The van der Waals surface area contributed by atoms with E-state index in [1.54, 1.807) is 16.0 Å². The predicted molar refractivity (Wildman–Crippen MR) is 173 cm³/mol. The fourth-order valence-corrected chi connectivity index (χ4v) is 8.24. The van der Waals surface area contributed by atoms with Crippen molar-refractivity contribution in [3.8, 4) is 22.4 Å². The summed E-state index contributed by atoms with van der Waals surface area (Å²) < 4.78 is 0. The molecule has 2 saturated heterocycles. The number of anilines is 2. The summed E-state index contributed by atoms with van der Waals surface area (Å²) in [5.41, 5.74) is 3.36. The van der Waals surface area contributed by atoms with Gasteiger partial charge < -0.3 is 10.4 Å². The highest BCUT2D eigenvalue weighted by Gasteiger charge is 2.42. The third-order valence-electron chi connectivity index (χ3n) is 9.49. The minimum absolute atomic E-state index is 0.0540. The van der Waals surface area contributed by atoms with Gasteiger partial charge in [-0.1, -0.05) is 49.9 Å². The van der Waals surface area contributed by atoms with E-state index in [4.69, 9.17) is 4.98 Å². The second-order valence-corrected chi connectivity index (χ2v) is 13.3. The van der Waals surface area contributed by atoms with Crippen molar-refractivity contribution in [2.45, 2.75) is 70.8 Å². The molecular weight excluding hydrogens is 590 g/mol. The molecule has 11 heteroatoms. The molecule has 6 rings (SSSR count). The van der Waals surface area contributed by atoms with Gasteiger partial charge in [-0.25, -0.2) is 9.97 Å². The van der Waals surface area contributed by atoms with Gasteiger partial charge in [0.2, 0.25) is 17.7 Å². The lowest BCUT2D eigenvalue weighted by Crippen LogP contribution is -2.51. The zero-order valence-electron chi connectivity index (χ0n) is 25.5. The number of hydrogen-bond donors (Lipinski definition) is 2. The van der Waals surface area contributed by atoms with Crippen molar-refractivity contribution in [1.29, 1.82) is 0 Å². The average molecular weight is 630 g/mol. The normalized spacial score (nSPS) is 22.8. The number of nitrogens with zero attached hydrogens (tertiary/aromatic N) is 4. The predicted octanol–water partition coefficient (Wildman–Crippen LogP) is 5.53. The van der Waals surface area contributed by atoms with E-state index in [0.717, 1.165) is 48.8 Å². The molecule has 10 nitrogen and oxygen atoms in total. The number of nitrogens with one attached hydrogen (secondary N) is 1. The maximum atomic E-state index is 14.3. The summed E-state index contributed by atoms with van der Waals surface area (Å²) in [6.45, 7) is 2.40. The molecule has 236 valence electrons. The number of thiazole rings is 1. The number of rotatable bonds is 8. The Bertz CT molecular complexity index is 1570. The quantitative estimate of drug-likeness (QED) is 0.335. The van der Waals surface area contributed by atoms with E-state index in [-0.39, 0.29) is 42.6 Å². The smallest absolute Gasteiger partial charge is 0.304 e. The second kappa shape index (κ2) is 13.5. The van der Waals surface area contributed by atoms with E-state index in [2.05, 4.69) is 10.3 Å². The molecule has 45 heavy (non-hydrogen) atoms. The summed E-state index contributed by atoms with van der Waals surface area (Å²) in [4.78, 5) is 63.5. The minimum atomic E-state index is -0.974. The Morgan fingerprint density at radius 1 is 1.00 bits per heavy atom. The minimum Gasteiger partial charge on any atom is -0.481 e. The number of hydrogen-bond acceptors (Lipinski definition) is 7. The molecule has 3 fully saturated rings. The van der Waals surface area contributed by atoms with Gasteiger partial charge in [0, 0.05) is 55.2 Å². The maximum Gasteiger partial charge on any atom is 0.304 e. The third kappa shape index (κ3) is 6.78. The Kier molecular flexibility index (Phi) is 9.25. The molecule has 1 aliphatic carbocycles. The van der Waals surface area contributed by atoms with Crippen molar-refractivity contribution in [2.75, 3.05) is 22.9 Å². The lowest BCUT2D eigenvalue weighted by Gasteiger charge is -2.38. The van der Waals surface area contributed by atoms with Crippen LogP contribution in [0.3, 0.4) is 0 Å². The molecule has 2 N–H and O–H groups in total. The van der Waals surface area contributed by atoms with E-state index in [9.17, 15) is 24.3 Å². The summed E-state index contributed by atoms with van der Waals surface area (Å²) in [5, 5.41) is 15.3. The van der Waals surface area contributed by atoms with E-state index in [1.807, 2.05) is 41.8 Å². The summed E-state index contributed by atoms with van der Waals surface area (Å²) in [5.74, 6) is -1.02. The molecule has 1 unspecified atom stereocenters. The fourth-order valence-electron chi connectivity index (χ4n) is 7.40. The molecule has 4 heterocycles. The van der Waals surface area contributed by atoms with Crippen LogP contribution in [0.4, 0.5) is 10.9 Å². The Hall–Kier alpha value is -4.12. The summed E-state index contributed by atoms with van der Waals surface area (Å²) in [7, 11) is 0. The first-order valence-corrected chi connectivity index (χ1v) is 16.8.